The maximum Gasteiger partial charge on any atom is 0.416 e. The Morgan fingerprint density at radius 2 is 1.93 bits per heavy atom. The summed E-state index contributed by atoms with van der Waals surface area (Å²) in [5, 5.41) is 3.32. The third kappa shape index (κ3) is 3.57. The van der Waals surface area contributed by atoms with Crippen molar-refractivity contribution in [3.05, 3.63) is 42.2 Å². The Labute approximate surface area is 168 Å². The number of hydrogen-bond donors (Lipinski definition) is 1. The fourth-order valence-corrected chi connectivity index (χ4v) is 3.42. The summed E-state index contributed by atoms with van der Waals surface area (Å²) in [6.45, 7) is 6.44. The number of furan rings is 1. The van der Waals surface area contributed by atoms with Gasteiger partial charge in [-0.05, 0) is 30.5 Å². The quantitative estimate of drug-likeness (QED) is 0.661. The first-order chi connectivity index (χ1) is 14.0. The number of hydrogen-bond acceptors (Lipinski definition) is 7. The summed E-state index contributed by atoms with van der Waals surface area (Å²) in [5.41, 5.74) is 2.16. The van der Waals surface area contributed by atoms with Gasteiger partial charge in [-0.25, -0.2) is 9.78 Å². The van der Waals surface area contributed by atoms with Crippen LogP contribution in [0.2, 0.25) is 0 Å². The zero-order valence-electron chi connectivity index (χ0n) is 16.9. The molecule has 2 atom stereocenters. The van der Waals surface area contributed by atoms with Crippen molar-refractivity contribution in [2.75, 3.05) is 23.9 Å². The van der Waals surface area contributed by atoms with E-state index in [0.717, 1.165) is 11.3 Å². The van der Waals surface area contributed by atoms with Crippen molar-refractivity contribution in [3.8, 4) is 5.75 Å². The van der Waals surface area contributed by atoms with Crippen LogP contribution in [-0.2, 0) is 4.74 Å². The average Bonchev–Trinajstić information content (AvgIpc) is 3.34. The molecule has 1 N–H and O–H groups in total. The van der Waals surface area contributed by atoms with E-state index in [9.17, 15) is 4.79 Å². The summed E-state index contributed by atoms with van der Waals surface area (Å²) in [7, 11) is 1.64. The molecule has 0 aliphatic carbocycles. The first kappa shape index (κ1) is 19.0. The summed E-state index contributed by atoms with van der Waals surface area (Å²) in [5.74, 6) is 1.84. The predicted octanol–water partition coefficient (Wildman–Crippen LogP) is 4.39. The van der Waals surface area contributed by atoms with E-state index in [2.05, 4.69) is 15.3 Å². The maximum absolute atomic E-state index is 12.4. The van der Waals surface area contributed by atoms with E-state index in [1.54, 1.807) is 24.3 Å². The molecule has 8 heteroatoms. The summed E-state index contributed by atoms with van der Waals surface area (Å²) >= 11 is 0. The first-order valence-corrected chi connectivity index (χ1v) is 9.59. The van der Waals surface area contributed by atoms with Crippen LogP contribution in [0.5, 0.6) is 5.75 Å². The molecule has 0 saturated carbocycles. The van der Waals surface area contributed by atoms with Gasteiger partial charge in [0.25, 0.3) is 0 Å². The standard InChI is InChI=1S/C21H24N4O4/c1-12(2)17-11-29-21(26)25(17)19-18-16(9-10-28-18)23-20(24-19)22-13(3)14-5-7-15(27-4)8-6-14/h5-10,12-13,17H,11H2,1-4H3,(H,22,23,24)/t13-,17+/m0/s1. The molecule has 1 amide bonds. The second kappa shape index (κ2) is 7.62. The monoisotopic (exact) mass is 396 g/mol. The molecule has 1 aliphatic rings. The summed E-state index contributed by atoms with van der Waals surface area (Å²) in [6, 6.07) is 9.39. The molecule has 1 fully saturated rings. The van der Waals surface area contributed by atoms with Crippen LogP contribution in [0.15, 0.2) is 41.0 Å². The fourth-order valence-electron chi connectivity index (χ4n) is 3.42. The molecular formula is C21H24N4O4. The largest absolute Gasteiger partial charge is 0.497 e. The average molecular weight is 396 g/mol. The van der Waals surface area contributed by atoms with Gasteiger partial charge in [0.15, 0.2) is 11.4 Å². The lowest BCUT2D eigenvalue weighted by Gasteiger charge is -2.24. The lowest BCUT2D eigenvalue weighted by molar-refractivity contribution is 0.177. The molecule has 152 valence electrons. The van der Waals surface area contributed by atoms with Gasteiger partial charge in [-0.15, -0.1) is 0 Å². The molecule has 1 aromatic carbocycles. The second-order valence-corrected chi connectivity index (χ2v) is 7.40. The topological polar surface area (TPSA) is 89.7 Å². The molecule has 3 aromatic rings. The summed E-state index contributed by atoms with van der Waals surface area (Å²) in [4.78, 5) is 23.2. The second-order valence-electron chi connectivity index (χ2n) is 7.40. The number of carbonyl (C=O) groups is 1. The van der Waals surface area contributed by atoms with Crippen LogP contribution in [0.25, 0.3) is 11.1 Å². The van der Waals surface area contributed by atoms with E-state index >= 15 is 0 Å². The number of nitrogens with zero attached hydrogens (tertiary/aromatic N) is 3. The molecule has 1 aliphatic heterocycles. The lowest BCUT2D eigenvalue weighted by Crippen LogP contribution is -2.38. The Bertz CT molecular complexity index is 1020. The normalized spacial score (nSPS) is 17.6. The molecule has 3 heterocycles. The van der Waals surface area contributed by atoms with Crippen molar-refractivity contribution in [2.45, 2.75) is 32.9 Å². The minimum absolute atomic E-state index is 0.0514. The summed E-state index contributed by atoms with van der Waals surface area (Å²) < 4.78 is 16.1. The smallest absolute Gasteiger partial charge is 0.416 e. The van der Waals surface area contributed by atoms with Crippen molar-refractivity contribution in [1.82, 2.24) is 9.97 Å². The number of benzene rings is 1. The van der Waals surface area contributed by atoms with Crippen molar-refractivity contribution in [1.29, 1.82) is 0 Å². The lowest BCUT2D eigenvalue weighted by atomic mass is 10.0. The van der Waals surface area contributed by atoms with Gasteiger partial charge in [0.05, 0.1) is 25.5 Å². The van der Waals surface area contributed by atoms with E-state index in [1.807, 2.05) is 45.0 Å². The number of aromatic nitrogens is 2. The highest BCUT2D eigenvalue weighted by atomic mass is 16.6. The van der Waals surface area contributed by atoms with Gasteiger partial charge in [0.1, 0.15) is 17.9 Å². The molecule has 2 aromatic heterocycles. The number of methoxy groups -OCH3 is 1. The predicted molar refractivity (Wildman–Crippen MR) is 109 cm³/mol. The molecule has 8 nitrogen and oxygen atoms in total. The number of fused-ring (bicyclic) bond motifs is 1. The number of ether oxygens (including phenoxy) is 2. The summed E-state index contributed by atoms with van der Waals surface area (Å²) in [6.07, 6.45) is 1.12. The number of nitrogens with one attached hydrogen (secondary N) is 1. The van der Waals surface area contributed by atoms with Gasteiger partial charge in [-0.2, -0.15) is 4.98 Å². The van der Waals surface area contributed by atoms with Gasteiger partial charge in [-0.3, -0.25) is 4.90 Å². The van der Waals surface area contributed by atoms with Gasteiger partial charge in [0.2, 0.25) is 5.95 Å². The van der Waals surface area contributed by atoms with Gasteiger partial charge < -0.3 is 19.2 Å². The minimum Gasteiger partial charge on any atom is -0.497 e. The van der Waals surface area contributed by atoms with Crippen molar-refractivity contribution < 1.29 is 18.7 Å². The van der Waals surface area contributed by atoms with Gasteiger partial charge >= 0.3 is 6.09 Å². The zero-order valence-corrected chi connectivity index (χ0v) is 16.9. The number of anilines is 2. The van der Waals surface area contributed by atoms with Crippen molar-refractivity contribution in [3.63, 3.8) is 0 Å². The molecule has 1 saturated heterocycles. The van der Waals surface area contributed by atoms with Crippen LogP contribution in [0.3, 0.4) is 0 Å². The zero-order chi connectivity index (χ0) is 20.5. The molecule has 0 spiro atoms. The SMILES string of the molecule is COc1ccc([C@H](C)Nc2nc(N3C(=O)OC[C@@H]3C(C)C)c3occc3n2)cc1. The molecule has 29 heavy (non-hydrogen) atoms. The van der Waals surface area contributed by atoms with Crippen LogP contribution >= 0.6 is 0 Å². The fraction of sp³-hybridized carbons (Fsp3) is 0.381. The van der Waals surface area contributed by atoms with Crippen LogP contribution in [-0.4, -0.2) is 35.8 Å². The van der Waals surface area contributed by atoms with Gasteiger partial charge in [-0.1, -0.05) is 26.0 Å². The first-order valence-electron chi connectivity index (χ1n) is 9.59. The Morgan fingerprint density at radius 3 is 2.62 bits per heavy atom. The van der Waals surface area contributed by atoms with E-state index in [0.29, 0.717) is 29.5 Å². The van der Waals surface area contributed by atoms with E-state index in [-0.39, 0.29) is 18.0 Å². The van der Waals surface area contributed by atoms with Crippen LogP contribution < -0.4 is 15.0 Å². The van der Waals surface area contributed by atoms with Crippen LogP contribution in [0, 0.1) is 5.92 Å². The number of rotatable bonds is 6. The van der Waals surface area contributed by atoms with Crippen molar-refractivity contribution in [2.24, 2.45) is 5.92 Å². The molecule has 4 rings (SSSR count). The molecule has 0 bridgehead atoms. The van der Waals surface area contributed by atoms with Crippen molar-refractivity contribution >= 4 is 29.0 Å². The number of cyclic esters (lactones) is 1. The van der Waals surface area contributed by atoms with E-state index in [4.69, 9.17) is 13.9 Å². The molecular weight excluding hydrogens is 372 g/mol. The van der Waals surface area contributed by atoms with Crippen LogP contribution in [0.4, 0.5) is 16.6 Å². The Hall–Kier alpha value is -3.29. The highest BCUT2D eigenvalue weighted by molar-refractivity contribution is 5.97. The molecule has 0 radical (unpaired) electrons. The number of amides is 1. The van der Waals surface area contributed by atoms with E-state index in [1.165, 1.54) is 0 Å². The third-order valence-electron chi connectivity index (χ3n) is 5.15. The Kier molecular flexibility index (Phi) is 5.00. The minimum atomic E-state index is -0.422. The third-order valence-corrected chi connectivity index (χ3v) is 5.15. The highest BCUT2D eigenvalue weighted by Gasteiger charge is 2.39. The Balaban J connectivity index is 1.68. The number of carbonyl (C=O) groups excluding carboxylic acids is 1. The Morgan fingerprint density at radius 1 is 1.17 bits per heavy atom. The molecule has 0 unspecified atom stereocenters. The maximum atomic E-state index is 12.4. The van der Waals surface area contributed by atoms with Crippen LogP contribution in [0.1, 0.15) is 32.4 Å². The van der Waals surface area contributed by atoms with Gasteiger partial charge in [0, 0.05) is 6.07 Å². The van der Waals surface area contributed by atoms with E-state index < -0.39 is 6.09 Å². The highest BCUT2D eigenvalue weighted by Crippen LogP contribution is 2.33.